The summed E-state index contributed by atoms with van der Waals surface area (Å²) in [7, 11) is 2.15. The van der Waals surface area contributed by atoms with Gasteiger partial charge in [0, 0.05) is 18.8 Å². The van der Waals surface area contributed by atoms with E-state index in [2.05, 4.69) is 59.3 Å². The van der Waals surface area contributed by atoms with Gasteiger partial charge in [-0.25, -0.2) is 9.97 Å². The maximum absolute atomic E-state index is 6.60. The van der Waals surface area contributed by atoms with Crippen LogP contribution in [0.2, 0.25) is 5.02 Å². The summed E-state index contributed by atoms with van der Waals surface area (Å²) in [4.78, 5) is 11.3. The molecule has 1 aliphatic heterocycles. The molecule has 186 valence electrons. The lowest BCUT2D eigenvalue weighted by molar-refractivity contribution is 0.116. The fraction of sp³-hybridized carbons (Fsp3) is 0.310. The third-order valence-corrected chi connectivity index (χ3v) is 6.96. The maximum Gasteiger partial charge on any atom is 0.145 e. The number of aryl methyl sites for hydroxylation is 2. The van der Waals surface area contributed by atoms with Crippen LogP contribution < -0.4 is 14.8 Å². The van der Waals surface area contributed by atoms with Crippen LogP contribution in [0.5, 0.6) is 11.5 Å². The van der Waals surface area contributed by atoms with Crippen molar-refractivity contribution in [2.75, 3.05) is 25.5 Å². The van der Waals surface area contributed by atoms with Gasteiger partial charge in [-0.2, -0.15) is 0 Å². The van der Waals surface area contributed by atoms with Crippen molar-refractivity contribution in [3.05, 3.63) is 82.6 Å². The van der Waals surface area contributed by atoms with Crippen molar-refractivity contribution in [1.82, 2.24) is 14.9 Å². The zero-order valence-electron chi connectivity index (χ0n) is 20.9. The molecule has 1 fully saturated rings. The van der Waals surface area contributed by atoms with Gasteiger partial charge in [0.25, 0.3) is 0 Å². The predicted octanol–water partition coefficient (Wildman–Crippen LogP) is 6.70. The Balaban J connectivity index is 1.35. The summed E-state index contributed by atoms with van der Waals surface area (Å²) in [6, 6.07) is 18.0. The van der Waals surface area contributed by atoms with Crippen molar-refractivity contribution in [2.45, 2.75) is 39.4 Å². The molecule has 0 saturated carbocycles. The van der Waals surface area contributed by atoms with Gasteiger partial charge in [-0.3, -0.25) is 0 Å². The van der Waals surface area contributed by atoms with E-state index in [1.54, 1.807) is 6.33 Å². The minimum atomic E-state index is 0.183. The van der Waals surface area contributed by atoms with Gasteiger partial charge in [-0.05, 0) is 75.2 Å². The number of piperidine rings is 1. The topological polar surface area (TPSA) is 59.5 Å². The Bertz CT molecular complexity index is 1360. The molecule has 4 aromatic rings. The highest BCUT2D eigenvalue weighted by Crippen LogP contribution is 2.35. The number of ether oxygens (including phenoxy) is 2. The predicted molar refractivity (Wildman–Crippen MR) is 146 cm³/mol. The molecule has 36 heavy (non-hydrogen) atoms. The average molecular weight is 503 g/mol. The van der Waals surface area contributed by atoms with Gasteiger partial charge in [-0.15, -0.1) is 0 Å². The van der Waals surface area contributed by atoms with Crippen LogP contribution in [0.15, 0.2) is 60.9 Å². The number of halogens is 1. The first kappa shape index (κ1) is 24.3. The molecule has 3 aromatic carbocycles. The van der Waals surface area contributed by atoms with Crippen molar-refractivity contribution in [3.8, 4) is 11.5 Å². The first-order valence-electron chi connectivity index (χ1n) is 12.3. The van der Waals surface area contributed by atoms with E-state index in [0.717, 1.165) is 53.8 Å². The van der Waals surface area contributed by atoms with Crippen LogP contribution >= 0.6 is 11.6 Å². The third kappa shape index (κ3) is 5.55. The van der Waals surface area contributed by atoms with E-state index in [-0.39, 0.29) is 6.10 Å². The average Bonchev–Trinajstić information content (AvgIpc) is 2.87. The van der Waals surface area contributed by atoms with Crippen LogP contribution in [-0.2, 0) is 6.61 Å². The van der Waals surface area contributed by atoms with Crippen molar-refractivity contribution >= 4 is 34.0 Å². The lowest BCUT2D eigenvalue weighted by Gasteiger charge is -2.29. The molecule has 6 nitrogen and oxygen atoms in total. The van der Waals surface area contributed by atoms with E-state index < -0.39 is 0 Å². The number of rotatable bonds is 7. The van der Waals surface area contributed by atoms with Gasteiger partial charge >= 0.3 is 0 Å². The van der Waals surface area contributed by atoms with E-state index >= 15 is 0 Å². The Morgan fingerprint density at radius 3 is 2.64 bits per heavy atom. The smallest absolute Gasteiger partial charge is 0.145 e. The van der Waals surface area contributed by atoms with Gasteiger partial charge in [-0.1, -0.05) is 41.4 Å². The van der Waals surface area contributed by atoms with Crippen LogP contribution in [0.25, 0.3) is 10.9 Å². The molecule has 1 aromatic heterocycles. The van der Waals surface area contributed by atoms with Gasteiger partial charge in [0.1, 0.15) is 36.4 Å². The molecule has 0 atom stereocenters. The molecule has 2 heterocycles. The number of hydrogen-bond acceptors (Lipinski definition) is 6. The Morgan fingerprint density at radius 2 is 1.83 bits per heavy atom. The van der Waals surface area contributed by atoms with Crippen LogP contribution in [0, 0.1) is 13.8 Å². The molecule has 0 amide bonds. The molecule has 1 N–H and O–H groups in total. The van der Waals surface area contributed by atoms with Gasteiger partial charge in [0.05, 0.1) is 15.9 Å². The Hall–Kier alpha value is -3.35. The van der Waals surface area contributed by atoms with Crippen LogP contribution in [0.1, 0.15) is 29.5 Å². The van der Waals surface area contributed by atoms with Gasteiger partial charge < -0.3 is 19.7 Å². The Labute approximate surface area is 217 Å². The van der Waals surface area contributed by atoms with Gasteiger partial charge in [0.2, 0.25) is 0 Å². The van der Waals surface area contributed by atoms with Crippen LogP contribution in [0.3, 0.4) is 0 Å². The molecule has 0 bridgehead atoms. The molecule has 0 spiro atoms. The molecule has 5 rings (SSSR count). The zero-order chi connectivity index (χ0) is 25.1. The summed E-state index contributed by atoms with van der Waals surface area (Å²) in [5, 5.41) is 4.81. The highest BCUT2D eigenvalue weighted by atomic mass is 35.5. The van der Waals surface area contributed by atoms with Crippen LogP contribution in [0.4, 0.5) is 11.5 Å². The van der Waals surface area contributed by atoms with E-state index in [9.17, 15) is 0 Å². The normalized spacial score (nSPS) is 14.7. The fourth-order valence-electron chi connectivity index (χ4n) is 4.50. The first-order chi connectivity index (χ1) is 17.5. The lowest BCUT2D eigenvalue weighted by Crippen LogP contribution is -2.35. The molecule has 0 unspecified atom stereocenters. The monoisotopic (exact) mass is 502 g/mol. The second-order valence-electron chi connectivity index (χ2n) is 9.48. The van der Waals surface area contributed by atoms with Crippen molar-refractivity contribution in [1.29, 1.82) is 0 Å². The summed E-state index contributed by atoms with van der Waals surface area (Å²) in [5.74, 6) is 2.12. The number of anilines is 2. The van der Waals surface area contributed by atoms with Crippen molar-refractivity contribution in [2.24, 2.45) is 0 Å². The largest absolute Gasteiger partial charge is 0.489 e. The maximum atomic E-state index is 6.60. The number of nitrogens with zero attached hydrogens (tertiary/aromatic N) is 3. The summed E-state index contributed by atoms with van der Waals surface area (Å²) in [6.07, 6.45) is 3.75. The molecule has 1 aliphatic rings. The number of benzene rings is 3. The van der Waals surface area contributed by atoms with Crippen molar-refractivity contribution < 1.29 is 9.47 Å². The molecule has 7 heteroatoms. The van der Waals surface area contributed by atoms with Crippen molar-refractivity contribution in [3.63, 3.8) is 0 Å². The van der Waals surface area contributed by atoms with E-state index in [1.807, 2.05) is 36.4 Å². The minimum Gasteiger partial charge on any atom is -0.489 e. The number of aromatic nitrogens is 2. The molecule has 1 saturated heterocycles. The molecule has 0 aliphatic carbocycles. The Kier molecular flexibility index (Phi) is 7.25. The molecular weight excluding hydrogens is 472 g/mol. The van der Waals surface area contributed by atoms with E-state index in [1.165, 1.54) is 11.1 Å². The minimum absolute atomic E-state index is 0.183. The summed E-state index contributed by atoms with van der Waals surface area (Å²) >= 11 is 6.60. The second-order valence-corrected chi connectivity index (χ2v) is 9.89. The highest BCUT2D eigenvalue weighted by molar-refractivity contribution is 6.32. The quantitative estimate of drug-likeness (QED) is 0.303. The summed E-state index contributed by atoms with van der Waals surface area (Å²) in [6.45, 7) is 6.70. The van der Waals surface area contributed by atoms with E-state index in [0.29, 0.717) is 23.2 Å². The molecule has 0 radical (unpaired) electrons. The fourth-order valence-corrected chi connectivity index (χ4v) is 4.73. The first-order valence-corrected chi connectivity index (χ1v) is 12.7. The van der Waals surface area contributed by atoms with E-state index in [4.69, 9.17) is 21.1 Å². The third-order valence-electron chi connectivity index (χ3n) is 6.67. The second kappa shape index (κ2) is 10.7. The number of nitrogens with one attached hydrogen (secondary N) is 1. The number of likely N-dealkylation sites (tertiary alicyclic amines) is 1. The number of hydrogen-bond donors (Lipinski definition) is 1. The zero-order valence-corrected chi connectivity index (χ0v) is 21.7. The Morgan fingerprint density at radius 1 is 1.00 bits per heavy atom. The lowest BCUT2D eigenvalue weighted by atomic mass is 10.1. The number of fused-ring (bicyclic) bond motifs is 1. The highest BCUT2D eigenvalue weighted by Gasteiger charge is 2.20. The summed E-state index contributed by atoms with van der Waals surface area (Å²) in [5.41, 5.74) is 5.20. The van der Waals surface area contributed by atoms with Crippen LogP contribution in [-0.4, -0.2) is 41.1 Å². The summed E-state index contributed by atoms with van der Waals surface area (Å²) < 4.78 is 12.5. The van der Waals surface area contributed by atoms with Gasteiger partial charge in [0.15, 0.2) is 0 Å². The molecular formula is C29H31ClN4O2. The standard InChI is InChI=1S/C29H31ClN4O2/c1-19-7-8-20(2)21(15-19)17-35-26-10-9-22(16-24(26)30)33-29-28-25(31-18-32-29)5-4-6-27(28)36-23-11-13-34(3)14-12-23/h4-10,15-16,18,23H,11-14,17H2,1-3H3,(H,31,32,33). The SMILES string of the molecule is Cc1ccc(C)c(COc2ccc(Nc3ncnc4cccc(OC5CCN(C)CC5)c34)cc2Cl)c1.